The lowest BCUT2D eigenvalue weighted by Gasteiger charge is -2.13. The average Bonchev–Trinajstić information content (AvgIpc) is 1.93. The van der Waals surface area contributed by atoms with Gasteiger partial charge in [-0.15, -0.1) is 0 Å². The Morgan fingerprint density at radius 3 is 2.82 bits per heavy atom. The van der Waals surface area contributed by atoms with Crippen molar-refractivity contribution in [2.24, 2.45) is 4.40 Å². The van der Waals surface area contributed by atoms with E-state index in [9.17, 15) is 8.42 Å². The molecule has 11 heavy (non-hydrogen) atoms. The van der Waals surface area contributed by atoms with Crippen LogP contribution in [0.15, 0.2) is 4.40 Å². The van der Waals surface area contributed by atoms with Gasteiger partial charge in [-0.05, 0) is 13.3 Å². The van der Waals surface area contributed by atoms with Crippen LogP contribution in [-0.2, 0) is 10.0 Å². The van der Waals surface area contributed by atoms with Gasteiger partial charge in [0.15, 0.2) is 0 Å². The van der Waals surface area contributed by atoms with Gasteiger partial charge >= 0.3 is 0 Å². The van der Waals surface area contributed by atoms with E-state index >= 15 is 0 Å². The molecule has 0 fully saturated rings. The highest BCUT2D eigenvalue weighted by Crippen LogP contribution is 2.04. The van der Waals surface area contributed by atoms with Gasteiger partial charge < -0.3 is 4.90 Å². The molecule has 0 unspecified atom stereocenters. The van der Waals surface area contributed by atoms with Gasteiger partial charge in [0.05, 0.1) is 5.75 Å². The van der Waals surface area contributed by atoms with E-state index < -0.39 is 10.0 Å². The van der Waals surface area contributed by atoms with Gasteiger partial charge in [-0.1, -0.05) is 0 Å². The normalized spacial score (nSPS) is 24.2. The summed E-state index contributed by atoms with van der Waals surface area (Å²) in [4.78, 5) is 1.85. The Morgan fingerprint density at radius 1 is 1.55 bits per heavy atom. The van der Waals surface area contributed by atoms with E-state index in [0.29, 0.717) is 12.3 Å². The number of sulfonamides is 1. The highest BCUT2D eigenvalue weighted by Gasteiger charge is 2.15. The Bertz CT molecular complexity index is 268. The van der Waals surface area contributed by atoms with Crippen LogP contribution in [0.5, 0.6) is 0 Å². The lowest BCUT2D eigenvalue weighted by Crippen LogP contribution is -2.23. The molecule has 0 amide bonds. The summed E-state index contributed by atoms with van der Waals surface area (Å²) in [5, 5.41) is 0. The van der Waals surface area contributed by atoms with E-state index in [2.05, 4.69) is 4.40 Å². The third-order valence-electron chi connectivity index (χ3n) is 1.72. The van der Waals surface area contributed by atoms with Gasteiger partial charge in [0.25, 0.3) is 10.0 Å². The van der Waals surface area contributed by atoms with E-state index in [4.69, 9.17) is 0 Å². The number of hydrogen-bond acceptors (Lipinski definition) is 3. The first kappa shape index (κ1) is 8.52. The molecule has 0 aromatic heterocycles. The predicted octanol–water partition coefficient (Wildman–Crippen LogP) is 0.0701. The fourth-order valence-corrected chi connectivity index (χ4v) is 2.09. The standard InChI is InChI=1S/C6H12N2O2S/c1-6-7-11(9,10)5-3-4-8(6)2/h3-5H2,1-2H3. The van der Waals surface area contributed by atoms with E-state index in [1.807, 2.05) is 11.9 Å². The van der Waals surface area contributed by atoms with Crippen LogP contribution >= 0.6 is 0 Å². The maximum Gasteiger partial charge on any atom is 0.254 e. The summed E-state index contributed by atoms with van der Waals surface area (Å²) in [7, 11) is -1.31. The van der Waals surface area contributed by atoms with E-state index in [-0.39, 0.29) is 5.75 Å². The molecule has 0 aromatic carbocycles. The fraction of sp³-hybridized carbons (Fsp3) is 0.833. The van der Waals surface area contributed by atoms with Gasteiger partial charge in [0.1, 0.15) is 5.84 Å². The molecule has 1 aliphatic heterocycles. The smallest absolute Gasteiger partial charge is 0.254 e. The summed E-state index contributed by atoms with van der Waals surface area (Å²) < 4.78 is 25.6. The lowest BCUT2D eigenvalue weighted by molar-refractivity contribution is 0.503. The summed E-state index contributed by atoms with van der Waals surface area (Å²) in [6.45, 7) is 2.48. The Kier molecular flexibility index (Phi) is 2.17. The van der Waals surface area contributed by atoms with Crippen molar-refractivity contribution in [1.82, 2.24) is 4.90 Å². The van der Waals surface area contributed by atoms with Crippen LogP contribution in [-0.4, -0.2) is 38.5 Å². The van der Waals surface area contributed by atoms with Crippen molar-refractivity contribution < 1.29 is 8.42 Å². The molecule has 1 rings (SSSR count). The first-order valence-corrected chi connectivity index (χ1v) is 5.12. The number of rotatable bonds is 0. The zero-order chi connectivity index (χ0) is 8.48. The Hall–Kier alpha value is -0.580. The van der Waals surface area contributed by atoms with Crippen LogP contribution in [0.25, 0.3) is 0 Å². The quantitative estimate of drug-likeness (QED) is 0.525. The molecule has 0 bridgehead atoms. The summed E-state index contributed by atoms with van der Waals surface area (Å²) in [5.41, 5.74) is 0. The largest absolute Gasteiger partial charge is 0.363 e. The van der Waals surface area contributed by atoms with Crippen molar-refractivity contribution in [3.63, 3.8) is 0 Å². The summed E-state index contributed by atoms with van der Waals surface area (Å²) in [6.07, 6.45) is 0.666. The van der Waals surface area contributed by atoms with Gasteiger partial charge in [0, 0.05) is 13.6 Å². The van der Waals surface area contributed by atoms with Crippen LogP contribution in [0.3, 0.4) is 0 Å². The van der Waals surface area contributed by atoms with Gasteiger partial charge in [0.2, 0.25) is 0 Å². The van der Waals surface area contributed by atoms with Crippen LogP contribution in [0.1, 0.15) is 13.3 Å². The highest BCUT2D eigenvalue weighted by atomic mass is 32.2. The van der Waals surface area contributed by atoms with Gasteiger partial charge in [-0.2, -0.15) is 4.40 Å². The van der Waals surface area contributed by atoms with Gasteiger partial charge in [-0.3, -0.25) is 0 Å². The molecule has 5 heteroatoms. The molecular formula is C6H12N2O2S. The average molecular weight is 176 g/mol. The molecule has 0 saturated heterocycles. The molecule has 0 N–H and O–H groups in total. The Morgan fingerprint density at radius 2 is 2.18 bits per heavy atom. The first-order chi connectivity index (χ1) is 5.01. The maximum atomic E-state index is 11.0. The van der Waals surface area contributed by atoms with Crippen molar-refractivity contribution in [2.75, 3.05) is 19.3 Å². The molecule has 0 atom stereocenters. The highest BCUT2D eigenvalue weighted by molar-refractivity contribution is 7.90. The van der Waals surface area contributed by atoms with Crippen LogP contribution in [0.4, 0.5) is 0 Å². The molecular weight excluding hydrogens is 164 g/mol. The zero-order valence-electron chi connectivity index (χ0n) is 6.74. The van der Waals surface area contributed by atoms with E-state index in [1.54, 1.807) is 6.92 Å². The van der Waals surface area contributed by atoms with Crippen LogP contribution in [0.2, 0.25) is 0 Å². The van der Waals surface area contributed by atoms with Crippen molar-refractivity contribution in [3.8, 4) is 0 Å². The number of hydrogen-bond donors (Lipinski definition) is 0. The summed E-state index contributed by atoms with van der Waals surface area (Å²) >= 11 is 0. The second kappa shape index (κ2) is 2.81. The number of amidine groups is 1. The molecule has 1 heterocycles. The third-order valence-corrected chi connectivity index (χ3v) is 3.07. The topological polar surface area (TPSA) is 49.7 Å². The minimum atomic E-state index is -3.16. The first-order valence-electron chi connectivity index (χ1n) is 3.52. The van der Waals surface area contributed by atoms with Crippen molar-refractivity contribution >= 4 is 15.9 Å². The molecule has 4 nitrogen and oxygen atoms in total. The van der Waals surface area contributed by atoms with Crippen molar-refractivity contribution in [3.05, 3.63) is 0 Å². The molecule has 0 saturated carbocycles. The van der Waals surface area contributed by atoms with Crippen molar-refractivity contribution in [2.45, 2.75) is 13.3 Å². The van der Waals surface area contributed by atoms with Crippen LogP contribution < -0.4 is 0 Å². The number of nitrogens with zero attached hydrogens (tertiary/aromatic N) is 2. The molecule has 0 aromatic rings. The zero-order valence-corrected chi connectivity index (χ0v) is 7.56. The monoisotopic (exact) mass is 176 g/mol. The van der Waals surface area contributed by atoms with Crippen LogP contribution in [0, 0.1) is 0 Å². The summed E-state index contributed by atoms with van der Waals surface area (Å²) in [5.74, 6) is 0.761. The maximum absolute atomic E-state index is 11.0. The fourth-order valence-electron chi connectivity index (χ4n) is 0.963. The Balaban J connectivity index is 2.95. The third kappa shape index (κ3) is 2.18. The predicted molar refractivity (Wildman–Crippen MR) is 44.1 cm³/mol. The van der Waals surface area contributed by atoms with Gasteiger partial charge in [-0.25, -0.2) is 8.42 Å². The van der Waals surface area contributed by atoms with E-state index in [1.165, 1.54) is 0 Å². The minimum absolute atomic E-state index is 0.175. The molecule has 1 aliphatic rings. The second-order valence-corrected chi connectivity index (χ2v) is 4.45. The molecule has 0 aliphatic carbocycles. The second-order valence-electron chi connectivity index (χ2n) is 2.70. The lowest BCUT2D eigenvalue weighted by atomic mass is 10.4. The molecule has 64 valence electrons. The minimum Gasteiger partial charge on any atom is -0.363 e. The molecule has 0 spiro atoms. The Labute approximate surface area is 67.0 Å². The molecule has 0 radical (unpaired) electrons. The van der Waals surface area contributed by atoms with Crippen molar-refractivity contribution in [1.29, 1.82) is 0 Å². The van der Waals surface area contributed by atoms with E-state index in [0.717, 1.165) is 6.54 Å². The SMILES string of the molecule is CC1=NS(=O)(=O)CCCN1C. The summed E-state index contributed by atoms with van der Waals surface area (Å²) in [6, 6.07) is 0.